The summed E-state index contributed by atoms with van der Waals surface area (Å²) in [6.45, 7) is 1.05. The molecule has 0 bridgehead atoms. The number of hydrogen-bond donors (Lipinski definition) is 1. The van der Waals surface area contributed by atoms with Crippen molar-refractivity contribution >= 4 is 17.2 Å². The Hall–Kier alpha value is -3.69. The van der Waals surface area contributed by atoms with Gasteiger partial charge in [0.15, 0.2) is 0 Å². The molecule has 4 aromatic heterocycles. The lowest BCUT2D eigenvalue weighted by molar-refractivity contribution is -0.117. The van der Waals surface area contributed by atoms with Crippen molar-refractivity contribution in [3.63, 3.8) is 0 Å². The molecule has 1 N–H and O–H groups in total. The maximum atomic E-state index is 12.5. The molecule has 0 saturated carbocycles. The molecule has 0 spiro atoms. The zero-order chi connectivity index (χ0) is 20.5. The Morgan fingerprint density at radius 2 is 2.10 bits per heavy atom. The number of rotatable bonds is 5. The van der Waals surface area contributed by atoms with E-state index in [1.165, 1.54) is 4.68 Å². The summed E-state index contributed by atoms with van der Waals surface area (Å²) >= 11 is 0. The quantitative estimate of drug-likeness (QED) is 0.538. The fourth-order valence-corrected chi connectivity index (χ4v) is 3.81. The van der Waals surface area contributed by atoms with Gasteiger partial charge in [-0.3, -0.25) is 14.0 Å². The van der Waals surface area contributed by atoms with Crippen molar-refractivity contribution in [3.8, 4) is 0 Å². The van der Waals surface area contributed by atoms with Crippen LogP contribution in [0, 0.1) is 0 Å². The molecule has 154 valence electrons. The molecule has 30 heavy (non-hydrogen) atoms. The number of fused-ring (bicyclic) bond motifs is 2. The second kappa shape index (κ2) is 7.62. The third-order valence-electron chi connectivity index (χ3n) is 5.23. The van der Waals surface area contributed by atoms with E-state index in [0.717, 1.165) is 42.8 Å². The second-order valence-electron chi connectivity index (χ2n) is 7.49. The van der Waals surface area contributed by atoms with Crippen molar-refractivity contribution in [3.05, 3.63) is 65.0 Å². The van der Waals surface area contributed by atoms with Crippen LogP contribution in [0.3, 0.4) is 0 Å². The Labute approximate surface area is 171 Å². The minimum Gasteiger partial charge on any atom is -0.322 e. The van der Waals surface area contributed by atoms with Crippen molar-refractivity contribution < 1.29 is 4.79 Å². The van der Waals surface area contributed by atoms with Crippen LogP contribution in [0.15, 0.2) is 47.8 Å². The molecular formula is C20H22N8O2. The highest BCUT2D eigenvalue weighted by Crippen LogP contribution is 2.11. The Morgan fingerprint density at radius 1 is 1.17 bits per heavy atom. The van der Waals surface area contributed by atoms with E-state index in [2.05, 4.69) is 20.5 Å². The topological polar surface area (TPSA) is 104 Å². The van der Waals surface area contributed by atoms with Gasteiger partial charge in [-0.1, -0.05) is 12.5 Å². The highest BCUT2D eigenvalue weighted by Gasteiger charge is 2.17. The van der Waals surface area contributed by atoms with Crippen LogP contribution in [-0.4, -0.2) is 39.4 Å². The lowest BCUT2D eigenvalue weighted by Gasteiger charge is -2.02. The van der Waals surface area contributed by atoms with Gasteiger partial charge in [-0.05, 0) is 25.0 Å². The smallest absolute Gasteiger partial charge is 0.322 e. The molecular weight excluding hydrogens is 384 g/mol. The lowest BCUT2D eigenvalue weighted by atomic mass is 10.2. The summed E-state index contributed by atoms with van der Waals surface area (Å²) in [5.74, 6) is 0.461. The molecule has 1 aliphatic rings. The van der Waals surface area contributed by atoms with Gasteiger partial charge in [-0.15, -0.1) is 0 Å². The van der Waals surface area contributed by atoms with Gasteiger partial charge in [0, 0.05) is 31.6 Å². The second-order valence-corrected chi connectivity index (χ2v) is 7.49. The third kappa shape index (κ3) is 3.63. The van der Waals surface area contributed by atoms with Crippen molar-refractivity contribution in [2.45, 2.75) is 45.3 Å². The van der Waals surface area contributed by atoms with Crippen molar-refractivity contribution in [2.24, 2.45) is 0 Å². The number of amides is 1. The first kappa shape index (κ1) is 18.3. The molecule has 0 atom stereocenters. The van der Waals surface area contributed by atoms with Crippen molar-refractivity contribution in [1.82, 2.24) is 33.5 Å². The van der Waals surface area contributed by atoms with Crippen LogP contribution < -0.4 is 11.0 Å². The predicted octanol–water partition coefficient (Wildman–Crippen LogP) is 1.30. The molecule has 0 saturated heterocycles. The molecule has 0 fully saturated rings. The number of nitrogens with zero attached hydrogens (tertiary/aromatic N) is 7. The zero-order valence-electron chi connectivity index (χ0n) is 16.4. The number of carbonyl (C=O) groups is 1. The predicted molar refractivity (Wildman–Crippen MR) is 109 cm³/mol. The van der Waals surface area contributed by atoms with Crippen LogP contribution in [0.1, 0.15) is 30.8 Å². The fourth-order valence-electron chi connectivity index (χ4n) is 3.81. The Kier molecular flexibility index (Phi) is 4.66. The van der Waals surface area contributed by atoms with Crippen LogP contribution in [0.4, 0.5) is 5.69 Å². The fraction of sp³-hybridized carbons (Fsp3) is 0.350. The molecule has 10 heteroatoms. The Bertz CT molecular complexity index is 1230. The Morgan fingerprint density at radius 3 is 3.00 bits per heavy atom. The number of nitrogens with one attached hydrogen (secondary N) is 1. The van der Waals surface area contributed by atoms with Gasteiger partial charge in [0.25, 0.3) is 0 Å². The van der Waals surface area contributed by atoms with Crippen LogP contribution >= 0.6 is 0 Å². The van der Waals surface area contributed by atoms with Gasteiger partial charge in [-0.25, -0.2) is 14.5 Å². The number of imidazole rings is 1. The summed E-state index contributed by atoms with van der Waals surface area (Å²) in [5, 5.41) is 11.4. The Balaban J connectivity index is 1.24. The van der Waals surface area contributed by atoms with Gasteiger partial charge in [0.2, 0.25) is 5.91 Å². The molecule has 0 aliphatic carbocycles. The van der Waals surface area contributed by atoms with E-state index in [9.17, 15) is 9.59 Å². The van der Waals surface area contributed by atoms with E-state index in [0.29, 0.717) is 18.8 Å². The summed E-state index contributed by atoms with van der Waals surface area (Å²) in [7, 11) is 0. The molecule has 0 radical (unpaired) electrons. The van der Waals surface area contributed by atoms with Gasteiger partial charge < -0.3 is 9.72 Å². The van der Waals surface area contributed by atoms with E-state index >= 15 is 0 Å². The number of anilines is 1. The first-order valence-electron chi connectivity index (χ1n) is 10.1. The molecule has 0 unspecified atom stereocenters. The van der Waals surface area contributed by atoms with Crippen molar-refractivity contribution in [1.29, 1.82) is 0 Å². The molecule has 5 heterocycles. The van der Waals surface area contributed by atoms with E-state index < -0.39 is 0 Å². The summed E-state index contributed by atoms with van der Waals surface area (Å²) in [6.07, 6.45) is 11.1. The first-order valence-corrected chi connectivity index (χ1v) is 10.1. The third-order valence-corrected chi connectivity index (χ3v) is 5.23. The first-order chi connectivity index (χ1) is 14.7. The highest BCUT2D eigenvalue weighted by molar-refractivity contribution is 5.90. The summed E-state index contributed by atoms with van der Waals surface area (Å²) in [6, 6.07) is 5.83. The van der Waals surface area contributed by atoms with E-state index in [1.807, 2.05) is 35.0 Å². The van der Waals surface area contributed by atoms with Crippen LogP contribution in [-0.2, 0) is 30.8 Å². The number of carbonyl (C=O) groups excluding carboxylic acids is 1. The maximum Gasteiger partial charge on any atom is 0.346 e. The number of hydrogen-bond acceptors (Lipinski definition) is 5. The largest absolute Gasteiger partial charge is 0.346 e. The average molecular weight is 406 g/mol. The van der Waals surface area contributed by atoms with E-state index in [-0.39, 0.29) is 18.1 Å². The number of aromatic nitrogens is 7. The normalized spacial score (nSPS) is 13.9. The molecule has 0 aromatic carbocycles. The van der Waals surface area contributed by atoms with E-state index in [4.69, 9.17) is 0 Å². The van der Waals surface area contributed by atoms with Crippen LogP contribution in [0.25, 0.3) is 5.65 Å². The molecule has 1 amide bonds. The lowest BCUT2D eigenvalue weighted by Crippen LogP contribution is -2.30. The van der Waals surface area contributed by atoms with Gasteiger partial charge in [-0.2, -0.15) is 10.2 Å². The summed E-state index contributed by atoms with van der Waals surface area (Å²) in [5.41, 5.74) is 2.09. The zero-order valence-corrected chi connectivity index (χ0v) is 16.4. The minimum absolute atomic E-state index is 0.115. The number of aryl methyl sites for hydroxylation is 1. The number of pyridine rings is 1. The maximum absolute atomic E-state index is 12.5. The van der Waals surface area contributed by atoms with E-state index in [1.54, 1.807) is 21.6 Å². The molecule has 4 aromatic rings. The molecule has 10 nitrogen and oxygen atoms in total. The highest BCUT2D eigenvalue weighted by atomic mass is 16.2. The van der Waals surface area contributed by atoms with Gasteiger partial charge in [0.1, 0.15) is 18.0 Å². The minimum atomic E-state index is -0.308. The molecule has 1 aliphatic heterocycles. The average Bonchev–Trinajstić information content (AvgIpc) is 3.36. The van der Waals surface area contributed by atoms with Crippen LogP contribution in [0.2, 0.25) is 0 Å². The summed E-state index contributed by atoms with van der Waals surface area (Å²) < 4.78 is 6.60. The van der Waals surface area contributed by atoms with Crippen molar-refractivity contribution in [2.75, 3.05) is 5.32 Å². The van der Waals surface area contributed by atoms with Gasteiger partial charge >= 0.3 is 5.69 Å². The monoisotopic (exact) mass is 406 g/mol. The standard InChI is InChI=1S/C20H22N8O2/c29-19(14-28-20(30)27-9-4-1-2-7-18(27)24-28)23-15-10-21-26(12-15)13-16-11-25-8-5-3-6-17(25)22-16/h3,5-6,8,10-12H,1-2,4,7,9,13-14H2,(H,23,29). The summed E-state index contributed by atoms with van der Waals surface area (Å²) in [4.78, 5) is 29.5. The SMILES string of the molecule is O=C(Cn1nc2n(c1=O)CCCCC2)Nc1cnn(Cc2cn3ccccc3n2)c1. The van der Waals surface area contributed by atoms with Gasteiger partial charge in [0.05, 0.1) is 24.1 Å². The van der Waals surface area contributed by atoms with Crippen LogP contribution in [0.5, 0.6) is 0 Å². The molecule has 5 rings (SSSR count).